The zero-order valence-electron chi connectivity index (χ0n) is 16.5. The summed E-state index contributed by atoms with van der Waals surface area (Å²) in [6, 6.07) is 14.6. The van der Waals surface area contributed by atoms with Gasteiger partial charge in [0.1, 0.15) is 5.69 Å². The molecule has 28 heavy (non-hydrogen) atoms. The van der Waals surface area contributed by atoms with Crippen molar-refractivity contribution in [3.63, 3.8) is 0 Å². The number of hydrogen-bond acceptors (Lipinski definition) is 3. The van der Waals surface area contributed by atoms with E-state index in [1.54, 1.807) is 12.1 Å². The van der Waals surface area contributed by atoms with Gasteiger partial charge in [-0.25, -0.2) is 0 Å². The lowest BCUT2D eigenvalue weighted by atomic mass is 10.1. The number of nitrogens with zero attached hydrogens (tertiary/aromatic N) is 1. The maximum absolute atomic E-state index is 12.4. The number of carbonyl (C=O) groups excluding carboxylic acids is 2. The van der Waals surface area contributed by atoms with E-state index in [1.807, 2.05) is 64.1 Å². The maximum Gasteiger partial charge on any atom is 0.274 e. The molecule has 0 aliphatic carbocycles. The molecule has 3 rings (SSSR count). The van der Waals surface area contributed by atoms with Gasteiger partial charge in [0.15, 0.2) is 0 Å². The summed E-state index contributed by atoms with van der Waals surface area (Å²) in [5.74, 6) is -0.582. The van der Waals surface area contributed by atoms with Gasteiger partial charge in [-0.05, 0) is 86.3 Å². The standard InChI is InChI=1S/C23H23N3O2/c1-14-5-8-19(11-16(14)3)25-22(27)18-7-10-21(24-13-18)23(28)26-20-9-6-15(2)17(4)12-20/h5-13H,1-4H3,(H,25,27)(H,26,28). The first-order valence-electron chi connectivity index (χ1n) is 9.07. The van der Waals surface area contributed by atoms with Crippen LogP contribution >= 0.6 is 0 Å². The Balaban J connectivity index is 1.67. The monoisotopic (exact) mass is 373 g/mol. The van der Waals surface area contributed by atoms with E-state index in [-0.39, 0.29) is 17.5 Å². The lowest BCUT2D eigenvalue weighted by Gasteiger charge is -2.09. The van der Waals surface area contributed by atoms with Crippen LogP contribution in [-0.4, -0.2) is 16.8 Å². The minimum absolute atomic E-state index is 0.251. The van der Waals surface area contributed by atoms with Gasteiger partial charge < -0.3 is 10.6 Å². The van der Waals surface area contributed by atoms with Crippen molar-refractivity contribution in [2.45, 2.75) is 27.7 Å². The summed E-state index contributed by atoms with van der Waals surface area (Å²) in [6.45, 7) is 8.03. The molecule has 1 heterocycles. The van der Waals surface area contributed by atoms with Gasteiger partial charge in [-0.3, -0.25) is 14.6 Å². The summed E-state index contributed by atoms with van der Waals surface area (Å²) in [6.07, 6.45) is 1.41. The highest BCUT2D eigenvalue weighted by molar-refractivity contribution is 6.06. The van der Waals surface area contributed by atoms with Gasteiger partial charge in [-0.1, -0.05) is 12.1 Å². The molecule has 3 aromatic rings. The van der Waals surface area contributed by atoms with Gasteiger partial charge in [0.25, 0.3) is 11.8 Å². The van der Waals surface area contributed by atoms with E-state index < -0.39 is 0 Å². The van der Waals surface area contributed by atoms with Crippen molar-refractivity contribution in [2.24, 2.45) is 0 Å². The summed E-state index contributed by atoms with van der Waals surface area (Å²) in [4.78, 5) is 28.9. The van der Waals surface area contributed by atoms with Crippen LogP contribution < -0.4 is 10.6 Å². The largest absolute Gasteiger partial charge is 0.322 e. The summed E-state index contributed by atoms with van der Waals surface area (Å²) >= 11 is 0. The number of aryl methyl sites for hydroxylation is 4. The lowest BCUT2D eigenvalue weighted by molar-refractivity contribution is 0.101. The molecule has 2 aromatic carbocycles. The molecule has 1 aromatic heterocycles. The fourth-order valence-electron chi connectivity index (χ4n) is 2.70. The highest BCUT2D eigenvalue weighted by Crippen LogP contribution is 2.16. The van der Waals surface area contributed by atoms with E-state index in [4.69, 9.17) is 0 Å². The van der Waals surface area contributed by atoms with Crippen LogP contribution in [0.3, 0.4) is 0 Å². The molecular formula is C23H23N3O2. The summed E-state index contributed by atoms with van der Waals surface area (Å²) in [5.41, 5.74) is 6.62. The highest BCUT2D eigenvalue weighted by atomic mass is 16.2. The zero-order valence-corrected chi connectivity index (χ0v) is 16.5. The van der Waals surface area contributed by atoms with E-state index in [0.29, 0.717) is 11.3 Å². The third kappa shape index (κ3) is 4.43. The third-order valence-electron chi connectivity index (χ3n) is 4.79. The van der Waals surface area contributed by atoms with Crippen molar-refractivity contribution in [2.75, 3.05) is 10.6 Å². The smallest absolute Gasteiger partial charge is 0.274 e. The van der Waals surface area contributed by atoms with Crippen LogP contribution in [0.4, 0.5) is 11.4 Å². The van der Waals surface area contributed by atoms with Crippen LogP contribution in [0.25, 0.3) is 0 Å². The van der Waals surface area contributed by atoms with E-state index >= 15 is 0 Å². The second-order valence-corrected chi connectivity index (χ2v) is 6.94. The Morgan fingerprint density at radius 1 is 0.679 bits per heavy atom. The van der Waals surface area contributed by atoms with Crippen LogP contribution in [0.5, 0.6) is 0 Å². The molecule has 0 saturated carbocycles. The van der Waals surface area contributed by atoms with Gasteiger partial charge in [0.2, 0.25) is 0 Å². The molecule has 0 radical (unpaired) electrons. The Morgan fingerprint density at radius 3 is 1.68 bits per heavy atom. The number of benzene rings is 2. The molecule has 0 unspecified atom stereocenters. The Hall–Kier alpha value is -3.47. The highest BCUT2D eigenvalue weighted by Gasteiger charge is 2.11. The fourth-order valence-corrected chi connectivity index (χ4v) is 2.70. The van der Waals surface area contributed by atoms with Crippen molar-refractivity contribution in [3.05, 3.63) is 88.2 Å². The van der Waals surface area contributed by atoms with Gasteiger partial charge in [0.05, 0.1) is 5.56 Å². The fraction of sp³-hybridized carbons (Fsp3) is 0.174. The first kappa shape index (κ1) is 19.3. The molecule has 0 spiro atoms. The number of nitrogens with one attached hydrogen (secondary N) is 2. The zero-order chi connectivity index (χ0) is 20.3. The van der Waals surface area contributed by atoms with E-state index in [2.05, 4.69) is 15.6 Å². The maximum atomic E-state index is 12.4. The quantitative estimate of drug-likeness (QED) is 0.689. The molecule has 5 heteroatoms. The van der Waals surface area contributed by atoms with Crippen molar-refractivity contribution in [3.8, 4) is 0 Å². The molecule has 0 aliphatic rings. The predicted molar refractivity (Wildman–Crippen MR) is 112 cm³/mol. The summed E-state index contributed by atoms with van der Waals surface area (Å²) in [7, 11) is 0. The first-order chi connectivity index (χ1) is 13.3. The van der Waals surface area contributed by atoms with Crippen LogP contribution in [0.2, 0.25) is 0 Å². The van der Waals surface area contributed by atoms with Crippen molar-refractivity contribution >= 4 is 23.2 Å². The second kappa shape index (κ2) is 8.05. The molecule has 0 aliphatic heterocycles. The molecule has 142 valence electrons. The Morgan fingerprint density at radius 2 is 1.21 bits per heavy atom. The number of anilines is 2. The van der Waals surface area contributed by atoms with Crippen molar-refractivity contribution < 1.29 is 9.59 Å². The van der Waals surface area contributed by atoms with E-state index in [1.165, 1.54) is 11.8 Å². The Bertz CT molecular complexity index is 956. The number of amides is 2. The summed E-state index contributed by atoms with van der Waals surface area (Å²) < 4.78 is 0. The number of rotatable bonds is 4. The minimum atomic E-state index is -0.315. The lowest BCUT2D eigenvalue weighted by Crippen LogP contribution is -2.16. The molecule has 0 bridgehead atoms. The van der Waals surface area contributed by atoms with Gasteiger partial charge >= 0.3 is 0 Å². The minimum Gasteiger partial charge on any atom is -0.322 e. The second-order valence-electron chi connectivity index (χ2n) is 6.94. The van der Waals surface area contributed by atoms with Crippen LogP contribution in [0.1, 0.15) is 43.1 Å². The van der Waals surface area contributed by atoms with Gasteiger partial charge in [-0.15, -0.1) is 0 Å². The van der Waals surface area contributed by atoms with Crippen LogP contribution in [0, 0.1) is 27.7 Å². The third-order valence-corrected chi connectivity index (χ3v) is 4.79. The molecule has 0 fully saturated rings. The predicted octanol–water partition coefficient (Wildman–Crippen LogP) is 4.82. The Labute approximate surface area is 164 Å². The molecule has 2 amide bonds. The average molecular weight is 373 g/mol. The molecule has 0 saturated heterocycles. The number of carbonyl (C=O) groups is 2. The van der Waals surface area contributed by atoms with Crippen molar-refractivity contribution in [1.82, 2.24) is 4.98 Å². The molecular weight excluding hydrogens is 350 g/mol. The SMILES string of the molecule is Cc1ccc(NC(=O)c2ccc(C(=O)Nc3ccc(C)c(C)c3)nc2)cc1C. The number of pyridine rings is 1. The first-order valence-corrected chi connectivity index (χ1v) is 9.07. The topological polar surface area (TPSA) is 71.1 Å². The number of hydrogen-bond donors (Lipinski definition) is 2. The van der Waals surface area contributed by atoms with Gasteiger partial charge in [0, 0.05) is 17.6 Å². The average Bonchev–Trinajstić information content (AvgIpc) is 2.67. The van der Waals surface area contributed by atoms with Gasteiger partial charge in [-0.2, -0.15) is 0 Å². The number of aromatic nitrogens is 1. The van der Waals surface area contributed by atoms with Crippen LogP contribution in [-0.2, 0) is 0 Å². The van der Waals surface area contributed by atoms with Crippen LogP contribution in [0.15, 0.2) is 54.7 Å². The van der Waals surface area contributed by atoms with Crippen molar-refractivity contribution in [1.29, 1.82) is 0 Å². The normalized spacial score (nSPS) is 10.4. The Kier molecular flexibility index (Phi) is 5.54. The van der Waals surface area contributed by atoms with E-state index in [0.717, 1.165) is 22.4 Å². The molecule has 2 N–H and O–H groups in total. The molecule has 0 atom stereocenters. The molecule has 5 nitrogen and oxygen atoms in total. The summed E-state index contributed by atoms with van der Waals surface area (Å²) in [5, 5.41) is 5.67. The van der Waals surface area contributed by atoms with E-state index in [9.17, 15) is 9.59 Å².